The van der Waals surface area contributed by atoms with E-state index in [9.17, 15) is 0 Å². The number of aromatic nitrogens is 2. The molecule has 60 valence electrons. The number of anilines is 1. The summed E-state index contributed by atoms with van der Waals surface area (Å²) in [5, 5.41) is 9.46. The fraction of sp³-hybridized carbons (Fsp3) is 0.714. The third-order valence-electron chi connectivity index (χ3n) is 2.17. The minimum atomic E-state index is 0.597. The topological polar surface area (TPSA) is 51.8 Å². The largest absolute Gasteiger partial charge is 0.374 e. The van der Waals surface area contributed by atoms with Gasteiger partial charge in [-0.3, -0.25) is 0 Å². The Kier molecular flexibility index (Phi) is 1.77. The highest BCUT2D eigenvalue weighted by molar-refractivity contribution is 7.15. The van der Waals surface area contributed by atoms with Crippen LogP contribution in [-0.2, 0) is 6.42 Å². The van der Waals surface area contributed by atoms with Crippen molar-refractivity contribution in [2.45, 2.75) is 25.7 Å². The first-order chi connectivity index (χ1) is 5.34. The van der Waals surface area contributed by atoms with Crippen LogP contribution in [0.3, 0.4) is 0 Å². The predicted octanol–water partition coefficient (Wildman–Crippen LogP) is 1.46. The van der Waals surface area contributed by atoms with Gasteiger partial charge in [-0.25, -0.2) is 0 Å². The van der Waals surface area contributed by atoms with Crippen LogP contribution in [0.2, 0.25) is 0 Å². The van der Waals surface area contributed by atoms with Gasteiger partial charge in [-0.05, 0) is 5.92 Å². The first-order valence-electron chi connectivity index (χ1n) is 3.92. The molecule has 0 radical (unpaired) electrons. The first-order valence-corrected chi connectivity index (χ1v) is 4.74. The molecule has 1 heterocycles. The van der Waals surface area contributed by atoms with Crippen LogP contribution in [0.5, 0.6) is 0 Å². The molecule has 0 saturated heterocycles. The number of hydrogen-bond acceptors (Lipinski definition) is 4. The van der Waals surface area contributed by atoms with E-state index in [1.807, 2.05) is 0 Å². The Morgan fingerprint density at radius 1 is 1.45 bits per heavy atom. The molecular formula is C7H11N3S. The first kappa shape index (κ1) is 7.03. The van der Waals surface area contributed by atoms with Crippen LogP contribution in [-0.4, -0.2) is 10.2 Å². The van der Waals surface area contributed by atoms with Crippen LogP contribution in [0, 0.1) is 5.92 Å². The van der Waals surface area contributed by atoms with Gasteiger partial charge in [0.2, 0.25) is 5.13 Å². The molecule has 3 nitrogen and oxygen atoms in total. The zero-order chi connectivity index (χ0) is 7.68. The zero-order valence-electron chi connectivity index (χ0n) is 6.29. The molecule has 0 amide bonds. The maximum atomic E-state index is 5.46. The van der Waals surface area contributed by atoms with Crippen molar-refractivity contribution < 1.29 is 0 Å². The second kappa shape index (κ2) is 2.77. The summed E-state index contributed by atoms with van der Waals surface area (Å²) in [7, 11) is 0. The van der Waals surface area contributed by atoms with E-state index in [4.69, 9.17) is 5.73 Å². The minimum absolute atomic E-state index is 0.597. The molecule has 1 saturated carbocycles. The molecule has 11 heavy (non-hydrogen) atoms. The van der Waals surface area contributed by atoms with E-state index in [2.05, 4.69) is 10.2 Å². The summed E-state index contributed by atoms with van der Waals surface area (Å²) in [6.07, 6.45) is 5.20. The molecule has 4 heteroatoms. The highest BCUT2D eigenvalue weighted by Gasteiger charge is 2.19. The number of nitrogens with zero attached hydrogens (tertiary/aromatic N) is 2. The van der Waals surface area contributed by atoms with Crippen LogP contribution in [0.4, 0.5) is 5.13 Å². The van der Waals surface area contributed by atoms with Crippen molar-refractivity contribution in [3.05, 3.63) is 5.01 Å². The summed E-state index contributed by atoms with van der Waals surface area (Å²) in [5.41, 5.74) is 5.46. The monoisotopic (exact) mass is 169 g/mol. The van der Waals surface area contributed by atoms with E-state index >= 15 is 0 Å². The Bertz CT molecular complexity index is 242. The van der Waals surface area contributed by atoms with Gasteiger partial charge in [0.05, 0.1) is 0 Å². The molecule has 2 rings (SSSR count). The Hall–Kier alpha value is -0.640. The average Bonchev–Trinajstić information content (AvgIpc) is 2.27. The summed E-state index contributed by atoms with van der Waals surface area (Å²) in [6, 6.07) is 0. The van der Waals surface area contributed by atoms with Crippen molar-refractivity contribution in [1.82, 2.24) is 10.2 Å². The van der Waals surface area contributed by atoms with Crippen LogP contribution < -0.4 is 5.73 Å². The molecule has 1 aliphatic carbocycles. The van der Waals surface area contributed by atoms with Crippen molar-refractivity contribution in [3.63, 3.8) is 0 Å². The second-order valence-electron chi connectivity index (χ2n) is 3.04. The SMILES string of the molecule is Nc1nnc(CC2CCC2)s1. The second-order valence-corrected chi connectivity index (χ2v) is 4.13. The lowest BCUT2D eigenvalue weighted by Crippen LogP contribution is -2.13. The van der Waals surface area contributed by atoms with Gasteiger partial charge in [-0.15, -0.1) is 10.2 Å². The summed E-state index contributed by atoms with van der Waals surface area (Å²) in [6.45, 7) is 0. The van der Waals surface area contributed by atoms with Gasteiger partial charge < -0.3 is 5.73 Å². The summed E-state index contributed by atoms with van der Waals surface area (Å²) in [5.74, 6) is 0.863. The van der Waals surface area contributed by atoms with Crippen LogP contribution in [0.15, 0.2) is 0 Å². The summed E-state index contributed by atoms with van der Waals surface area (Å²) < 4.78 is 0. The van der Waals surface area contributed by atoms with Crippen molar-refractivity contribution in [2.24, 2.45) is 5.92 Å². The standard InChI is InChI=1S/C7H11N3S/c8-7-10-9-6(11-7)4-5-2-1-3-5/h5H,1-4H2,(H2,8,10). The van der Waals surface area contributed by atoms with Crippen LogP contribution in [0.25, 0.3) is 0 Å². The third kappa shape index (κ3) is 1.50. The smallest absolute Gasteiger partial charge is 0.203 e. The Morgan fingerprint density at radius 2 is 2.27 bits per heavy atom. The maximum Gasteiger partial charge on any atom is 0.203 e. The summed E-state index contributed by atoms with van der Waals surface area (Å²) in [4.78, 5) is 0. The van der Waals surface area contributed by atoms with Crippen molar-refractivity contribution >= 4 is 16.5 Å². The number of rotatable bonds is 2. The Morgan fingerprint density at radius 3 is 2.73 bits per heavy atom. The molecule has 2 N–H and O–H groups in total. The third-order valence-corrected chi connectivity index (χ3v) is 2.95. The Labute approximate surface area is 69.6 Å². The van der Waals surface area contributed by atoms with E-state index < -0.39 is 0 Å². The van der Waals surface area contributed by atoms with Crippen LogP contribution in [0.1, 0.15) is 24.3 Å². The van der Waals surface area contributed by atoms with E-state index in [1.165, 1.54) is 30.6 Å². The number of nitrogen functional groups attached to an aromatic ring is 1. The molecule has 0 unspecified atom stereocenters. The molecule has 1 fully saturated rings. The molecule has 1 aromatic rings. The van der Waals surface area contributed by atoms with E-state index in [-0.39, 0.29) is 0 Å². The molecule has 0 atom stereocenters. The molecule has 0 bridgehead atoms. The average molecular weight is 169 g/mol. The van der Waals surface area contributed by atoms with Gasteiger partial charge in [0.1, 0.15) is 5.01 Å². The highest BCUT2D eigenvalue weighted by atomic mass is 32.1. The predicted molar refractivity (Wildman–Crippen MR) is 45.4 cm³/mol. The number of nitrogens with two attached hydrogens (primary N) is 1. The summed E-state index contributed by atoms with van der Waals surface area (Å²) >= 11 is 1.52. The number of hydrogen-bond donors (Lipinski definition) is 1. The lowest BCUT2D eigenvalue weighted by molar-refractivity contribution is 0.313. The molecular weight excluding hydrogens is 158 g/mol. The van der Waals surface area contributed by atoms with Crippen molar-refractivity contribution in [3.8, 4) is 0 Å². The molecule has 0 spiro atoms. The fourth-order valence-electron chi connectivity index (χ4n) is 1.29. The molecule has 0 aromatic carbocycles. The van der Waals surface area contributed by atoms with Gasteiger partial charge in [-0.2, -0.15) is 0 Å². The normalized spacial score (nSPS) is 18.2. The van der Waals surface area contributed by atoms with Crippen LogP contribution >= 0.6 is 11.3 Å². The van der Waals surface area contributed by atoms with E-state index in [0.29, 0.717) is 5.13 Å². The van der Waals surface area contributed by atoms with Gasteiger partial charge in [0, 0.05) is 6.42 Å². The maximum absolute atomic E-state index is 5.46. The zero-order valence-corrected chi connectivity index (χ0v) is 7.10. The van der Waals surface area contributed by atoms with Gasteiger partial charge in [0.25, 0.3) is 0 Å². The quantitative estimate of drug-likeness (QED) is 0.729. The van der Waals surface area contributed by atoms with Gasteiger partial charge in [-0.1, -0.05) is 30.6 Å². The lowest BCUT2D eigenvalue weighted by atomic mass is 9.83. The van der Waals surface area contributed by atoms with Crippen molar-refractivity contribution in [1.29, 1.82) is 0 Å². The lowest BCUT2D eigenvalue weighted by Gasteiger charge is -2.23. The van der Waals surface area contributed by atoms with E-state index in [0.717, 1.165) is 17.3 Å². The minimum Gasteiger partial charge on any atom is -0.374 e. The molecule has 0 aliphatic heterocycles. The highest BCUT2D eigenvalue weighted by Crippen LogP contribution is 2.30. The fourth-order valence-corrected chi connectivity index (χ4v) is 2.02. The van der Waals surface area contributed by atoms with Crippen molar-refractivity contribution in [2.75, 3.05) is 5.73 Å². The van der Waals surface area contributed by atoms with Gasteiger partial charge >= 0.3 is 0 Å². The Balaban J connectivity index is 1.95. The van der Waals surface area contributed by atoms with E-state index in [1.54, 1.807) is 0 Å². The molecule has 1 aromatic heterocycles. The van der Waals surface area contributed by atoms with Gasteiger partial charge in [0.15, 0.2) is 0 Å². The molecule has 1 aliphatic rings.